The maximum absolute atomic E-state index is 13.6. The largest absolute Gasteiger partial charge is 0.522 e. The van der Waals surface area contributed by atoms with Gasteiger partial charge in [0, 0.05) is 44.2 Å². The lowest BCUT2D eigenvalue weighted by atomic mass is 9.88. The van der Waals surface area contributed by atoms with Gasteiger partial charge in [-0.2, -0.15) is 4.79 Å². The van der Waals surface area contributed by atoms with Gasteiger partial charge in [-0.25, -0.2) is 10.1 Å². The first-order chi connectivity index (χ1) is 18.6. The monoisotopic (exact) mass is 560 g/mol. The Hall–Kier alpha value is -3.41. The van der Waals surface area contributed by atoms with Crippen molar-refractivity contribution in [3.8, 4) is 0 Å². The smallest absolute Gasteiger partial charge is 0.453 e. The van der Waals surface area contributed by atoms with Crippen molar-refractivity contribution < 1.29 is 33.0 Å². The molecule has 0 radical (unpaired) electrons. The molecule has 1 aromatic carbocycles. The van der Waals surface area contributed by atoms with Gasteiger partial charge in [0.1, 0.15) is 0 Å². The van der Waals surface area contributed by atoms with Gasteiger partial charge in [-0.05, 0) is 47.1 Å². The van der Waals surface area contributed by atoms with Crippen molar-refractivity contribution in [2.75, 3.05) is 26.5 Å². The molecule has 0 bridgehead atoms. The van der Waals surface area contributed by atoms with Gasteiger partial charge in [0.15, 0.2) is 5.66 Å². The molecule has 1 fully saturated rings. The predicted octanol–water partition coefficient (Wildman–Crippen LogP) is 4.02. The Morgan fingerprint density at radius 2 is 1.82 bits per heavy atom. The average Bonchev–Trinajstić information content (AvgIpc) is 3.36. The van der Waals surface area contributed by atoms with Crippen LogP contribution in [-0.2, 0) is 4.74 Å². The number of carbonyl (C=O) groups excluding carboxylic acids is 4. The van der Waals surface area contributed by atoms with Crippen molar-refractivity contribution in [2.24, 2.45) is 5.92 Å². The summed E-state index contributed by atoms with van der Waals surface area (Å²) in [6.07, 6.45) is 4.10. The molecule has 3 amide bonds. The number of hydrogen-bond acceptors (Lipinski definition) is 8. The predicted molar refractivity (Wildman–Crippen MR) is 145 cm³/mol. The van der Waals surface area contributed by atoms with Crippen molar-refractivity contribution in [1.29, 1.82) is 0 Å². The fraction of sp³-hybridized carbons (Fsp3) is 0.556. The zero-order valence-corrected chi connectivity index (χ0v) is 23.8. The minimum absolute atomic E-state index is 0.127. The van der Waals surface area contributed by atoms with Crippen LogP contribution in [0.25, 0.3) is 0 Å². The maximum Gasteiger partial charge on any atom is 0.522 e. The van der Waals surface area contributed by atoms with Crippen LogP contribution in [-0.4, -0.2) is 65.9 Å². The van der Waals surface area contributed by atoms with E-state index in [2.05, 4.69) is 15.7 Å². The molecule has 39 heavy (non-hydrogen) atoms. The zero-order valence-electron chi connectivity index (χ0n) is 23.0. The Labute approximate surface area is 233 Å². The van der Waals surface area contributed by atoms with Crippen molar-refractivity contribution in [3.05, 3.63) is 41.8 Å². The standard InChI is InChI=1S/C27H37N5O6S/c1-19(2)13-14-21(33)23-32(30-25(38-23)39-18-17-31(3)26(36)37-4)24(35)29-27(15-9-6-10-16-27)28-22(34)20-11-7-5-8-12-20/h5,7-8,11-12,19H,6,9-10,13-18H2,1-4H3,(H-,28,29,34,35)/p+1. The highest BCUT2D eigenvalue weighted by molar-refractivity contribution is 7.99. The normalized spacial score (nSPS) is 14.5. The van der Waals surface area contributed by atoms with E-state index in [1.165, 1.54) is 23.8 Å². The molecule has 3 rings (SSSR count). The molecule has 0 atom stereocenters. The molecule has 1 aliphatic rings. The van der Waals surface area contributed by atoms with Crippen molar-refractivity contribution in [3.63, 3.8) is 0 Å². The third-order valence-electron chi connectivity index (χ3n) is 6.52. The molecule has 2 N–H and O–H groups in total. The zero-order chi connectivity index (χ0) is 28.4. The van der Waals surface area contributed by atoms with E-state index in [1.54, 1.807) is 31.3 Å². The van der Waals surface area contributed by atoms with Crippen molar-refractivity contribution in [2.45, 2.75) is 69.7 Å². The summed E-state index contributed by atoms with van der Waals surface area (Å²) in [7, 11) is 2.90. The number of aromatic nitrogens is 2. The SMILES string of the molecule is COC(=O)N(C)CCSc1n[n+](C(=O)NC2(NC(=O)c3ccccc3)CCCCC2)c(C(=O)CCC(C)C)o1. The average molecular weight is 561 g/mol. The topological polar surface area (TPSA) is 135 Å². The van der Waals surface area contributed by atoms with E-state index in [4.69, 9.17) is 9.15 Å². The summed E-state index contributed by atoms with van der Waals surface area (Å²) in [5.74, 6) is -0.0966. The Morgan fingerprint density at radius 1 is 1.13 bits per heavy atom. The first-order valence-corrected chi connectivity index (χ1v) is 14.2. The van der Waals surface area contributed by atoms with Gasteiger partial charge >= 0.3 is 18.0 Å². The minimum atomic E-state index is -0.983. The van der Waals surface area contributed by atoms with Gasteiger partial charge in [0.25, 0.3) is 11.1 Å². The van der Waals surface area contributed by atoms with E-state index in [0.29, 0.717) is 43.0 Å². The van der Waals surface area contributed by atoms with E-state index in [-0.39, 0.29) is 29.2 Å². The molecule has 1 saturated carbocycles. The van der Waals surface area contributed by atoms with Gasteiger partial charge in [0.05, 0.1) is 7.11 Å². The number of thioether (sulfide) groups is 1. The van der Waals surface area contributed by atoms with Crippen LogP contribution < -0.4 is 15.3 Å². The summed E-state index contributed by atoms with van der Waals surface area (Å²) < 4.78 is 11.4. The molecule has 0 aliphatic heterocycles. The lowest BCUT2D eigenvalue weighted by Crippen LogP contribution is -2.67. The maximum atomic E-state index is 13.6. The Morgan fingerprint density at radius 3 is 2.46 bits per heavy atom. The second-order valence-corrected chi connectivity index (χ2v) is 11.1. The molecule has 1 heterocycles. The van der Waals surface area contributed by atoms with Crippen LogP contribution in [0.3, 0.4) is 0 Å². The molecule has 0 saturated heterocycles. The van der Waals surface area contributed by atoms with Crippen LogP contribution in [0.5, 0.6) is 0 Å². The summed E-state index contributed by atoms with van der Waals surface area (Å²) >= 11 is 1.17. The molecule has 0 spiro atoms. The highest BCUT2D eigenvalue weighted by atomic mass is 32.2. The van der Waals surface area contributed by atoms with Crippen LogP contribution in [0.15, 0.2) is 40.0 Å². The summed E-state index contributed by atoms with van der Waals surface area (Å²) in [6.45, 7) is 4.36. The molecule has 212 valence electrons. The van der Waals surface area contributed by atoms with E-state index in [9.17, 15) is 19.2 Å². The van der Waals surface area contributed by atoms with Gasteiger partial charge in [-0.15, -0.1) is 0 Å². The first-order valence-electron chi connectivity index (χ1n) is 13.2. The number of ketones is 1. The molecule has 11 nitrogen and oxygen atoms in total. The van der Waals surface area contributed by atoms with Gasteiger partial charge in [-0.1, -0.05) is 50.2 Å². The second-order valence-electron chi connectivity index (χ2n) is 10.1. The first kappa shape index (κ1) is 30.1. The number of methoxy groups -OCH3 is 1. The minimum Gasteiger partial charge on any atom is -0.453 e. The van der Waals surface area contributed by atoms with Crippen LogP contribution in [0.1, 0.15) is 79.8 Å². The molecular formula is C27H38N5O6S+. The summed E-state index contributed by atoms with van der Waals surface area (Å²) in [5.41, 5.74) is -0.492. The molecular weight excluding hydrogens is 522 g/mol. The Balaban J connectivity index is 1.81. The van der Waals surface area contributed by atoms with Gasteiger partial charge in [-0.3, -0.25) is 9.59 Å². The molecule has 1 aromatic heterocycles. The van der Waals surface area contributed by atoms with Gasteiger partial charge < -0.3 is 19.4 Å². The fourth-order valence-electron chi connectivity index (χ4n) is 4.26. The number of carbonyl (C=O) groups is 4. The number of nitrogens with zero attached hydrogens (tertiary/aromatic N) is 3. The van der Waals surface area contributed by atoms with Crippen LogP contribution in [0, 0.1) is 5.92 Å². The van der Waals surface area contributed by atoms with E-state index >= 15 is 0 Å². The third-order valence-corrected chi connectivity index (χ3v) is 7.32. The molecule has 2 aromatic rings. The van der Waals surface area contributed by atoms with Gasteiger partial charge in [0.2, 0.25) is 5.78 Å². The van der Waals surface area contributed by atoms with Crippen LogP contribution in [0.4, 0.5) is 9.59 Å². The summed E-state index contributed by atoms with van der Waals surface area (Å²) in [4.78, 5) is 52.7. The Kier molecular flexibility index (Phi) is 10.9. The molecule has 0 unspecified atom stereocenters. The molecule has 12 heteroatoms. The fourth-order valence-corrected chi connectivity index (χ4v) is 5.08. The number of benzene rings is 1. The highest BCUT2D eigenvalue weighted by Gasteiger charge is 2.43. The summed E-state index contributed by atoms with van der Waals surface area (Å²) in [6, 6.07) is 8.17. The molecule has 1 aliphatic carbocycles. The van der Waals surface area contributed by atoms with E-state index in [1.807, 2.05) is 19.9 Å². The number of ether oxygens (including phenoxy) is 1. The summed E-state index contributed by atoms with van der Waals surface area (Å²) in [5, 5.41) is 10.4. The van der Waals surface area contributed by atoms with Crippen LogP contribution in [0.2, 0.25) is 0 Å². The third kappa shape index (κ3) is 8.54. The van der Waals surface area contributed by atoms with E-state index in [0.717, 1.165) is 23.9 Å². The van der Waals surface area contributed by atoms with Crippen molar-refractivity contribution in [1.82, 2.24) is 20.6 Å². The number of amides is 3. The number of hydrogen-bond donors (Lipinski definition) is 2. The van der Waals surface area contributed by atoms with E-state index < -0.39 is 17.8 Å². The number of rotatable bonds is 11. The Bertz CT molecular complexity index is 1150. The van der Waals surface area contributed by atoms with Crippen molar-refractivity contribution >= 4 is 35.6 Å². The number of Topliss-reactive ketones (excluding diaryl/α,β-unsaturated/α-hetero) is 1. The lowest BCUT2D eigenvalue weighted by molar-refractivity contribution is -0.641. The lowest BCUT2D eigenvalue weighted by Gasteiger charge is -2.34. The number of nitrogens with one attached hydrogen (secondary N) is 2. The van der Waals surface area contributed by atoms with Crippen LogP contribution >= 0.6 is 11.8 Å². The second kappa shape index (κ2) is 14.1. The highest BCUT2D eigenvalue weighted by Crippen LogP contribution is 2.26. The quantitative estimate of drug-likeness (QED) is 0.182.